The van der Waals surface area contributed by atoms with Crippen LogP contribution in [0.25, 0.3) is 0 Å². The van der Waals surface area contributed by atoms with Crippen molar-refractivity contribution in [3.8, 4) is 5.75 Å². The predicted octanol–water partition coefficient (Wildman–Crippen LogP) is 2.97. The molecule has 4 heteroatoms. The number of amides is 1. The van der Waals surface area contributed by atoms with Crippen molar-refractivity contribution >= 4 is 5.91 Å². The van der Waals surface area contributed by atoms with Gasteiger partial charge in [0, 0.05) is 18.8 Å². The molecule has 0 bridgehead atoms. The Labute approximate surface area is 119 Å². The van der Waals surface area contributed by atoms with Crippen molar-refractivity contribution in [3.05, 3.63) is 24.0 Å². The van der Waals surface area contributed by atoms with Crippen LogP contribution in [0, 0.1) is 5.92 Å². The molecule has 3 rings (SSSR count). The second-order valence-electron chi connectivity index (χ2n) is 6.04. The van der Waals surface area contributed by atoms with Gasteiger partial charge >= 0.3 is 0 Å². The Morgan fingerprint density at radius 3 is 2.70 bits per heavy atom. The van der Waals surface area contributed by atoms with Gasteiger partial charge in [0.25, 0.3) is 5.91 Å². The van der Waals surface area contributed by atoms with E-state index in [0.29, 0.717) is 17.5 Å². The average Bonchev–Trinajstić information content (AvgIpc) is 2.97. The van der Waals surface area contributed by atoms with Crippen molar-refractivity contribution in [1.29, 1.82) is 0 Å². The minimum Gasteiger partial charge on any atom is -0.506 e. The van der Waals surface area contributed by atoms with Crippen LogP contribution >= 0.6 is 0 Å². The number of carbonyl (C=O) groups is 1. The number of likely N-dealkylation sites (tertiary alicyclic amines) is 1. The molecule has 2 heterocycles. The summed E-state index contributed by atoms with van der Waals surface area (Å²) in [6.45, 7) is 0.843. The smallest absolute Gasteiger partial charge is 0.255 e. The van der Waals surface area contributed by atoms with Crippen LogP contribution in [0.1, 0.15) is 55.3 Å². The first-order chi connectivity index (χ1) is 9.75. The summed E-state index contributed by atoms with van der Waals surface area (Å²) < 4.78 is 0. The molecule has 1 aliphatic carbocycles. The van der Waals surface area contributed by atoms with Crippen molar-refractivity contribution in [2.24, 2.45) is 5.92 Å². The summed E-state index contributed by atoms with van der Waals surface area (Å²) in [5.74, 6) is 0.756. The van der Waals surface area contributed by atoms with Crippen LogP contribution in [0.5, 0.6) is 5.75 Å². The summed E-state index contributed by atoms with van der Waals surface area (Å²) in [4.78, 5) is 18.6. The van der Waals surface area contributed by atoms with E-state index in [0.717, 1.165) is 19.4 Å². The fraction of sp³-hybridized carbons (Fsp3) is 0.625. The second-order valence-corrected chi connectivity index (χ2v) is 6.04. The molecule has 1 unspecified atom stereocenters. The van der Waals surface area contributed by atoms with E-state index in [1.165, 1.54) is 44.4 Å². The minimum atomic E-state index is 0.0291. The lowest BCUT2D eigenvalue weighted by molar-refractivity contribution is 0.0660. The fourth-order valence-electron chi connectivity index (χ4n) is 3.76. The molecule has 1 amide bonds. The lowest BCUT2D eigenvalue weighted by Crippen LogP contribution is -2.40. The van der Waals surface area contributed by atoms with E-state index in [-0.39, 0.29) is 11.7 Å². The van der Waals surface area contributed by atoms with E-state index < -0.39 is 0 Å². The lowest BCUT2D eigenvalue weighted by Gasteiger charge is -2.34. The van der Waals surface area contributed by atoms with Crippen LogP contribution in [0.4, 0.5) is 0 Å². The number of aromatic hydroxyl groups is 1. The monoisotopic (exact) mass is 274 g/mol. The van der Waals surface area contributed by atoms with Crippen molar-refractivity contribution in [1.82, 2.24) is 9.88 Å². The molecule has 1 aromatic rings. The number of rotatable bonds is 2. The fourth-order valence-corrected chi connectivity index (χ4v) is 3.76. The molecule has 0 spiro atoms. The molecule has 1 aliphatic heterocycles. The van der Waals surface area contributed by atoms with E-state index in [2.05, 4.69) is 4.98 Å². The predicted molar refractivity (Wildman–Crippen MR) is 76.5 cm³/mol. The zero-order valence-electron chi connectivity index (χ0n) is 11.8. The van der Waals surface area contributed by atoms with Crippen LogP contribution < -0.4 is 0 Å². The van der Waals surface area contributed by atoms with Crippen molar-refractivity contribution < 1.29 is 9.90 Å². The van der Waals surface area contributed by atoms with Crippen LogP contribution in [0.15, 0.2) is 18.5 Å². The van der Waals surface area contributed by atoms with Gasteiger partial charge in [0.2, 0.25) is 0 Å². The van der Waals surface area contributed by atoms with Gasteiger partial charge < -0.3 is 10.0 Å². The summed E-state index contributed by atoms with van der Waals surface area (Å²) >= 11 is 0. The highest BCUT2D eigenvalue weighted by molar-refractivity contribution is 5.94. The molecule has 4 nitrogen and oxygen atoms in total. The van der Waals surface area contributed by atoms with Crippen LogP contribution in [0.3, 0.4) is 0 Å². The summed E-state index contributed by atoms with van der Waals surface area (Å²) in [5, 5.41) is 9.49. The van der Waals surface area contributed by atoms with Gasteiger partial charge in [0.05, 0.1) is 11.8 Å². The maximum Gasteiger partial charge on any atom is 0.255 e. The van der Waals surface area contributed by atoms with E-state index >= 15 is 0 Å². The molecule has 1 saturated carbocycles. The van der Waals surface area contributed by atoms with E-state index in [9.17, 15) is 9.90 Å². The number of aromatic nitrogens is 1. The number of hydrogen-bond acceptors (Lipinski definition) is 3. The van der Waals surface area contributed by atoms with Crippen LogP contribution in [-0.4, -0.2) is 33.5 Å². The Kier molecular flexibility index (Phi) is 3.90. The second kappa shape index (κ2) is 5.81. The van der Waals surface area contributed by atoms with Crippen LogP contribution in [0.2, 0.25) is 0 Å². The van der Waals surface area contributed by atoms with Gasteiger partial charge in [-0.1, -0.05) is 19.3 Å². The van der Waals surface area contributed by atoms with Gasteiger partial charge in [0.1, 0.15) is 5.75 Å². The maximum absolute atomic E-state index is 12.6. The maximum atomic E-state index is 12.6. The van der Waals surface area contributed by atoms with E-state index in [4.69, 9.17) is 0 Å². The molecule has 1 aromatic heterocycles. The van der Waals surface area contributed by atoms with Gasteiger partial charge in [-0.3, -0.25) is 9.78 Å². The molecule has 2 aliphatic rings. The molecule has 1 N–H and O–H groups in total. The topological polar surface area (TPSA) is 53.4 Å². The SMILES string of the molecule is O=C(c1cncc(O)c1)N1CCCC1C1CCCCC1. The zero-order valence-corrected chi connectivity index (χ0v) is 11.8. The lowest BCUT2D eigenvalue weighted by atomic mass is 9.83. The van der Waals surface area contributed by atoms with Crippen molar-refractivity contribution in [3.63, 3.8) is 0 Å². The highest BCUT2D eigenvalue weighted by Gasteiger charge is 2.35. The van der Waals surface area contributed by atoms with Crippen molar-refractivity contribution in [2.75, 3.05) is 6.54 Å². The largest absolute Gasteiger partial charge is 0.506 e. The number of nitrogens with zero attached hydrogens (tertiary/aromatic N) is 2. The number of hydrogen-bond donors (Lipinski definition) is 1. The molecule has 0 aromatic carbocycles. The quantitative estimate of drug-likeness (QED) is 0.902. The Bertz CT molecular complexity index is 483. The first-order valence-corrected chi connectivity index (χ1v) is 7.70. The van der Waals surface area contributed by atoms with Crippen LogP contribution in [-0.2, 0) is 0 Å². The summed E-state index contributed by atoms with van der Waals surface area (Å²) in [6, 6.07) is 1.91. The molecule has 1 saturated heterocycles. The summed E-state index contributed by atoms with van der Waals surface area (Å²) in [5.41, 5.74) is 0.507. The van der Waals surface area contributed by atoms with Gasteiger partial charge in [-0.05, 0) is 37.7 Å². The molecule has 108 valence electrons. The average molecular weight is 274 g/mol. The highest BCUT2D eigenvalue weighted by Crippen LogP contribution is 2.35. The Morgan fingerprint density at radius 2 is 1.95 bits per heavy atom. The van der Waals surface area contributed by atoms with Gasteiger partial charge in [-0.2, -0.15) is 0 Å². The van der Waals surface area contributed by atoms with Gasteiger partial charge in [-0.25, -0.2) is 0 Å². The van der Waals surface area contributed by atoms with Crippen molar-refractivity contribution in [2.45, 2.75) is 51.0 Å². The Hall–Kier alpha value is -1.58. The normalized spacial score (nSPS) is 24.0. The van der Waals surface area contributed by atoms with Gasteiger partial charge in [0.15, 0.2) is 0 Å². The zero-order chi connectivity index (χ0) is 13.9. The Morgan fingerprint density at radius 1 is 1.15 bits per heavy atom. The van der Waals surface area contributed by atoms with E-state index in [1.807, 2.05) is 4.90 Å². The molecule has 20 heavy (non-hydrogen) atoms. The molecule has 1 atom stereocenters. The molecule has 2 fully saturated rings. The van der Waals surface area contributed by atoms with Gasteiger partial charge in [-0.15, -0.1) is 0 Å². The Balaban J connectivity index is 1.76. The first kappa shape index (κ1) is 13.4. The standard InChI is InChI=1S/C16H22N2O2/c19-14-9-13(10-17-11-14)16(20)18-8-4-7-15(18)12-5-2-1-3-6-12/h9-12,15,19H,1-8H2. The third-order valence-corrected chi connectivity index (χ3v) is 4.72. The highest BCUT2D eigenvalue weighted by atomic mass is 16.3. The number of pyridine rings is 1. The minimum absolute atomic E-state index is 0.0291. The third kappa shape index (κ3) is 2.65. The van der Waals surface area contributed by atoms with E-state index in [1.54, 1.807) is 6.20 Å². The first-order valence-electron chi connectivity index (χ1n) is 7.70. The molecular formula is C16H22N2O2. The number of carbonyl (C=O) groups excluding carboxylic acids is 1. The molecular weight excluding hydrogens is 252 g/mol. The third-order valence-electron chi connectivity index (χ3n) is 4.72. The summed E-state index contributed by atoms with van der Waals surface area (Å²) in [7, 11) is 0. The summed E-state index contributed by atoms with van der Waals surface area (Å²) in [6.07, 6.45) is 11.6. The molecule has 0 radical (unpaired) electrons.